The van der Waals surface area contributed by atoms with Gasteiger partial charge in [0, 0.05) is 39.3 Å². The number of benzene rings is 1. The fourth-order valence-corrected chi connectivity index (χ4v) is 5.12. The third-order valence-corrected chi connectivity index (χ3v) is 6.94. The Kier molecular flexibility index (Phi) is 4.75. The standard InChI is InChI=1S/C15H21ClN2O3S/c1-21-13-6-8-17(9-7-13)12-10-18(11-12)22(19,20)15-5-3-2-4-14(15)16/h2-5,12-13H,6-11H2,1H3. The summed E-state index contributed by atoms with van der Waals surface area (Å²) in [6.45, 7) is 3.04. The van der Waals surface area contributed by atoms with Gasteiger partial charge in [-0.05, 0) is 25.0 Å². The first-order chi connectivity index (χ1) is 10.5. The highest BCUT2D eigenvalue weighted by Crippen LogP contribution is 2.29. The Balaban J connectivity index is 1.60. The van der Waals surface area contributed by atoms with E-state index in [4.69, 9.17) is 16.3 Å². The van der Waals surface area contributed by atoms with Crippen molar-refractivity contribution in [3.63, 3.8) is 0 Å². The van der Waals surface area contributed by atoms with Gasteiger partial charge in [0.05, 0.1) is 11.1 Å². The number of halogens is 1. The van der Waals surface area contributed by atoms with Crippen molar-refractivity contribution >= 4 is 21.6 Å². The zero-order valence-corrected chi connectivity index (χ0v) is 14.2. The van der Waals surface area contributed by atoms with E-state index in [9.17, 15) is 8.42 Å². The van der Waals surface area contributed by atoms with E-state index in [1.807, 2.05) is 0 Å². The van der Waals surface area contributed by atoms with Crippen LogP contribution in [0, 0.1) is 0 Å². The molecule has 1 aromatic rings. The minimum Gasteiger partial charge on any atom is -0.381 e. The lowest BCUT2D eigenvalue weighted by Gasteiger charge is -2.46. The topological polar surface area (TPSA) is 49.9 Å². The molecule has 0 atom stereocenters. The van der Waals surface area contributed by atoms with Gasteiger partial charge in [0.15, 0.2) is 0 Å². The van der Waals surface area contributed by atoms with Crippen LogP contribution in [-0.4, -0.2) is 63.1 Å². The number of hydrogen-bond acceptors (Lipinski definition) is 4. The van der Waals surface area contributed by atoms with Crippen molar-refractivity contribution in [2.45, 2.75) is 29.9 Å². The first-order valence-corrected chi connectivity index (χ1v) is 9.35. The van der Waals surface area contributed by atoms with E-state index < -0.39 is 10.0 Å². The van der Waals surface area contributed by atoms with Crippen molar-refractivity contribution in [3.8, 4) is 0 Å². The van der Waals surface area contributed by atoms with Gasteiger partial charge in [-0.1, -0.05) is 23.7 Å². The van der Waals surface area contributed by atoms with Gasteiger partial charge in [0.1, 0.15) is 4.90 Å². The second kappa shape index (κ2) is 6.45. The van der Waals surface area contributed by atoms with Crippen LogP contribution in [0.25, 0.3) is 0 Å². The lowest BCUT2D eigenvalue weighted by Crippen LogP contribution is -2.62. The SMILES string of the molecule is COC1CCN(C2CN(S(=O)(=O)c3ccccc3Cl)C2)CC1. The van der Waals surface area contributed by atoms with Crippen molar-refractivity contribution in [2.75, 3.05) is 33.3 Å². The molecule has 122 valence electrons. The van der Waals surface area contributed by atoms with E-state index in [1.165, 1.54) is 4.31 Å². The molecule has 3 rings (SSSR count). The minimum atomic E-state index is -3.47. The highest BCUT2D eigenvalue weighted by atomic mass is 35.5. The summed E-state index contributed by atoms with van der Waals surface area (Å²) in [6.07, 6.45) is 2.38. The van der Waals surface area contributed by atoms with Crippen LogP contribution in [0.5, 0.6) is 0 Å². The molecule has 0 amide bonds. The molecule has 0 N–H and O–H groups in total. The maximum atomic E-state index is 12.6. The van der Waals surface area contributed by atoms with Crippen LogP contribution in [0.4, 0.5) is 0 Å². The van der Waals surface area contributed by atoms with Crippen molar-refractivity contribution in [3.05, 3.63) is 29.3 Å². The first-order valence-electron chi connectivity index (χ1n) is 7.54. The summed E-state index contributed by atoms with van der Waals surface area (Å²) in [5.74, 6) is 0. The molecule has 0 aliphatic carbocycles. The maximum absolute atomic E-state index is 12.6. The molecule has 0 spiro atoms. The van der Waals surface area contributed by atoms with Gasteiger partial charge in [-0.2, -0.15) is 4.31 Å². The van der Waals surface area contributed by atoms with E-state index in [-0.39, 0.29) is 9.92 Å². The molecule has 2 aliphatic rings. The van der Waals surface area contributed by atoms with Gasteiger partial charge < -0.3 is 4.74 Å². The number of methoxy groups -OCH3 is 1. The van der Waals surface area contributed by atoms with Crippen molar-refractivity contribution < 1.29 is 13.2 Å². The molecule has 0 aromatic heterocycles. The molecule has 0 saturated carbocycles. The van der Waals surface area contributed by atoms with E-state index >= 15 is 0 Å². The van der Waals surface area contributed by atoms with Crippen molar-refractivity contribution in [2.24, 2.45) is 0 Å². The van der Waals surface area contributed by atoms with Gasteiger partial charge in [-0.25, -0.2) is 8.42 Å². The Morgan fingerprint density at radius 3 is 2.41 bits per heavy atom. The molecule has 7 heteroatoms. The average Bonchev–Trinajstić information content (AvgIpc) is 2.46. The summed E-state index contributed by atoms with van der Waals surface area (Å²) in [6, 6.07) is 6.93. The van der Waals surface area contributed by atoms with Crippen LogP contribution < -0.4 is 0 Å². The lowest BCUT2D eigenvalue weighted by molar-refractivity contribution is 0.00364. The Labute approximate surface area is 136 Å². The predicted molar refractivity (Wildman–Crippen MR) is 85.6 cm³/mol. The largest absolute Gasteiger partial charge is 0.381 e. The molecule has 2 aliphatic heterocycles. The lowest BCUT2D eigenvalue weighted by atomic mass is 10.0. The Hall–Kier alpha value is -0.660. The number of piperidine rings is 1. The number of likely N-dealkylation sites (tertiary alicyclic amines) is 1. The fraction of sp³-hybridized carbons (Fsp3) is 0.600. The van der Waals surface area contributed by atoms with Gasteiger partial charge in [-0.15, -0.1) is 0 Å². The Bertz CT molecular complexity index is 623. The van der Waals surface area contributed by atoms with Crippen LogP contribution >= 0.6 is 11.6 Å². The van der Waals surface area contributed by atoms with Crippen LogP contribution in [-0.2, 0) is 14.8 Å². The van der Waals surface area contributed by atoms with E-state index in [1.54, 1.807) is 31.4 Å². The Morgan fingerprint density at radius 2 is 1.82 bits per heavy atom. The predicted octanol–water partition coefficient (Wildman–Crippen LogP) is 1.82. The number of sulfonamides is 1. The summed E-state index contributed by atoms with van der Waals surface area (Å²) in [7, 11) is -1.72. The number of rotatable bonds is 4. The van der Waals surface area contributed by atoms with Crippen molar-refractivity contribution in [1.29, 1.82) is 0 Å². The van der Waals surface area contributed by atoms with Gasteiger partial charge in [-0.3, -0.25) is 4.90 Å². The Morgan fingerprint density at radius 1 is 1.18 bits per heavy atom. The molecule has 0 radical (unpaired) electrons. The van der Waals surface area contributed by atoms with E-state index in [0.717, 1.165) is 25.9 Å². The summed E-state index contributed by atoms with van der Waals surface area (Å²) in [4.78, 5) is 2.57. The quantitative estimate of drug-likeness (QED) is 0.836. The minimum absolute atomic E-state index is 0.202. The highest BCUT2D eigenvalue weighted by Gasteiger charge is 2.41. The van der Waals surface area contributed by atoms with Crippen LogP contribution in [0.1, 0.15) is 12.8 Å². The molecule has 2 heterocycles. The zero-order chi connectivity index (χ0) is 15.7. The molecule has 5 nitrogen and oxygen atoms in total. The smallest absolute Gasteiger partial charge is 0.244 e. The van der Waals surface area contributed by atoms with Gasteiger partial charge >= 0.3 is 0 Å². The molecule has 1 aromatic carbocycles. The highest BCUT2D eigenvalue weighted by molar-refractivity contribution is 7.89. The van der Waals surface area contributed by atoms with E-state index in [2.05, 4.69) is 4.90 Å². The fourth-order valence-electron chi connectivity index (χ4n) is 3.11. The molecule has 22 heavy (non-hydrogen) atoms. The summed E-state index contributed by atoms with van der Waals surface area (Å²) < 4.78 is 32.0. The zero-order valence-electron chi connectivity index (χ0n) is 12.6. The molecule has 0 unspecified atom stereocenters. The van der Waals surface area contributed by atoms with Crippen LogP contribution in [0.3, 0.4) is 0 Å². The van der Waals surface area contributed by atoms with Crippen molar-refractivity contribution in [1.82, 2.24) is 9.21 Å². The third kappa shape index (κ3) is 3.03. The summed E-state index contributed by atoms with van der Waals surface area (Å²) in [5.41, 5.74) is 0. The van der Waals surface area contributed by atoms with Crippen LogP contribution in [0.2, 0.25) is 5.02 Å². The molecule has 0 bridgehead atoms. The monoisotopic (exact) mass is 344 g/mol. The molecule has 2 fully saturated rings. The van der Waals surface area contributed by atoms with Gasteiger partial charge in [0.25, 0.3) is 0 Å². The molecular formula is C15H21ClN2O3S. The third-order valence-electron chi connectivity index (χ3n) is 4.61. The second-order valence-electron chi connectivity index (χ2n) is 5.88. The second-order valence-corrected chi connectivity index (χ2v) is 8.19. The number of ether oxygens (including phenoxy) is 1. The van der Waals surface area contributed by atoms with Crippen LogP contribution in [0.15, 0.2) is 29.2 Å². The summed E-state index contributed by atoms with van der Waals surface area (Å²) >= 11 is 6.02. The maximum Gasteiger partial charge on any atom is 0.244 e. The number of nitrogens with zero attached hydrogens (tertiary/aromatic N) is 2. The van der Waals surface area contributed by atoms with E-state index in [0.29, 0.717) is 25.2 Å². The molecular weight excluding hydrogens is 324 g/mol. The normalized spacial score (nSPS) is 22.6. The number of hydrogen-bond donors (Lipinski definition) is 0. The van der Waals surface area contributed by atoms with Gasteiger partial charge in [0.2, 0.25) is 10.0 Å². The summed E-state index contributed by atoms with van der Waals surface area (Å²) in [5, 5.41) is 0.284. The average molecular weight is 345 g/mol. The molecule has 2 saturated heterocycles. The first kappa shape index (κ1) is 16.2.